The number of alkyl halides is 2. The zero-order valence-electron chi connectivity index (χ0n) is 24.3. The van der Waals surface area contributed by atoms with Crippen LogP contribution in [0.1, 0.15) is 51.8 Å². The second-order valence-electron chi connectivity index (χ2n) is 9.09. The Morgan fingerprint density at radius 3 is 2.32 bits per heavy atom. The molecule has 3 aromatic rings. The van der Waals surface area contributed by atoms with Gasteiger partial charge in [-0.2, -0.15) is 0 Å². The third kappa shape index (κ3) is 8.18. The number of hydrogen-bond donors (Lipinski definition) is 3. The van der Waals surface area contributed by atoms with E-state index in [-0.39, 0.29) is 35.8 Å². The second-order valence-corrected chi connectivity index (χ2v) is 9.09. The first-order valence-electron chi connectivity index (χ1n) is 13.9. The third-order valence-electron chi connectivity index (χ3n) is 6.77. The zero-order valence-corrected chi connectivity index (χ0v) is 24.3. The number of methoxy groups -OCH3 is 1. The van der Waals surface area contributed by atoms with Gasteiger partial charge in [0, 0.05) is 31.3 Å². The van der Waals surface area contributed by atoms with Gasteiger partial charge in [-0.25, -0.2) is 22.5 Å². The smallest absolute Gasteiger partial charge is 0.265 e. The fourth-order valence-electron chi connectivity index (χ4n) is 4.82. The van der Waals surface area contributed by atoms with Crippen LogP contribution in [0.15, 0.2) is 54.6 Å². The SMILES string of the molecule is CC.CC.COc1cc(F)c(-c2ccc(N3CCCC(NCc4ccccc4)(C(O)C(F)F)C3)c(CO)n2)cc1F. The number of nitrogens with zero attached hydrogens (tertiary/aromatic N) is 2. The molecule has 41 heavy (non-hydrogen) atoms. The molecular formula is C31H41F4N3O3. The van der Waals surface area contributed by atoms with Crippen molar-refractivity contribution >= 4 is 5.69 Å². The average Bonchev–Trinajstić information content (AvgIpc) is 3.02. The average molecular weight is 580 g/mol. The normalized spacial score (nSPS) is 17.2. The molecule has 2 aromatic carbocycles. The number of halogens is 4. The van der Waals surface area contributed by atoms with Gasteiger partial charge in [0.2, 0.25) is 0 Å². The fraction of sp³-hybridized carbons (Fsp3) is 0.452. The van der Waals surface area contributed by atoms with E-state index in [1.807, 2.05) is 58.0 Å². The summed E-state index contributed by atoms with van der Waals surface area (Å²) in [6, 6.07) is 14.2. The molecule has 2 atom stereocenters. The Morgan fingerprint density at radius 2 is 1.71 bits per heavy atom. The van der Waals surface area contributed by atoms with E-state index in [4.69, 9.17) is 4.74 Å². The van der Waals surface area contributed by atoms with Crippen LogP contribution in [0.3, 0.4) is 0 Å². The molecule has 1 aliphatic heterocycles. The lowest BCUT2D eigenvalue weighted by atomic mass is 9.83. The number of hydrogen-bond acceptors (Lipinski definition) is 6. The Kier molecular flexibility index (Phi) is 13.5. The van der Waals surface area contributed by atoms with Crippen LogP contribution < -0.4 is 15.0 Å². The predicted octanol–water partition coefficient (Wildman–Crippen LogP) is 6.33. The Bertz CT molecular complexity index is 1220. The molecule has 0 bridgehead atoms. The van der Waals surface area contributed by atoms with Gasteiger partial charge >= 0.3 is 0 Å². The summed E-state index contributed by atoms with van der Waals surface area (Å²) >= 11 is 0. The largest absolute Gasteiger partial charge is 0.494 e. The molecule has 0 aliphatic carbocycles. The first-order chi connectivity index (χ1) is 19.8. The van der Waals surface area contributed by atoms with Crippen LogP contribution in [0.2, 0.25) is 0 Å². The first kappa shape index (κ1) is 34.0. The highest BCUT2D eigenvalue weighted by molar-refractivity contribution is 5.65. The van der Waals surface area contributed by atoms with Crippen LogP contribution >= 0.6 is 0 Å². The molecule has 1 saturated heterocycles. The lowest BCUT2D eigenvalue weighted by Gasteiger charge is -2.47. The molecule has 0 saturated carbocycles. The minimum absolute atomic E-state index is 0.0326. The third-order valence-corrected chi connectivity index (χ3v) is 6.77. The van der Waals surface area contributed by atoms with Gasteiger partial charge in [0.1, 0.15) is 11.9 Å². The van der Waals surface area contributed by atoms with Crippen molar-refractivity contribution < 1.29 is 32.5 Å². The van der Waals surface area contributed by atoms with Gasteiger partial charge in [0.25, 0.3) is 6.43 Å². The number of piperidine rings is 1. The molecule has 226 valence electrons. The number of aliphatic hydroxyl groups excluding tert-OH is 2. The maximum atomic E-state index is 14.6. The van der Waals surface area contributed by atoms with Crippen LogP contribution in [0.4, 0.5) is 23.2 Å². The molecule has 2 heterocycles. The summed E-state index contributed by atoms with van der Waals surface area (Å²) in [7, 11) is 1.23. The van der Waals surface area contributed by atoms with Crippen molar-refractivity contribution in [1.29, 1.82) is 0 Å². The monoisotopic (exact) mass is 579 g/mol. The summed E-state index contributed by atoms with van der Waals surface area (Å²) < 4.78 is 61.2. The Balaban J connectivity index is 0.00000141. The molecule has 1 fully saturated rings. The van der Waals surface area contributed by atoms with Crippen LogP contribution in [0.5, 0.6) is 5.75 Å². The number of benzene rings is 2. The number of ether oxygens (including phenoxy) is 1. The van der Waals surface area contributed by atoms with Crippen molar-refractivity contribution in [2.45, 2.75) is 71.8 Å². The standard InChI is InChI=1S/C27H29F4N3O3.2C2H6/c1-37-24-13-19(28)18(12-20(24)29)21-8-9-23(22(15-35)33-21)34-11-5-10-27(16-34,25(36)26(30)31)32-14-17-6-3-2-4-7-17;2*1-2/h2-4,6-9,12-13,25-26,32,35-36H,5,10-11,14-16H2,1H3;2*1-2H3. The Labute approximate surface area is 240 Å². The molecule has 10 heteroatoms. The van der Waals surface area contributed by atoms with Gasteiger partial charge in [-0.15, -0.1) is 0 Å². The summed E-state index contributed by atoms with van der Waals surface area (Å²) in [5.41, 5.74) is 0.205. The van der Waals surface area contributed by atoms with Crippen molar-refractivity contribution in [2.24, 2.45) is 0 Å². The van der Waals surface area contributed by atoms with E-state index in [9.17, 15) is 27.8 Å². The van der Waals surface area contributed by atoms with Crippen molar-refractivity contribution in [1.82, 2.24) is 10.3 Å². The quantitative estimate of drug-likeness (QED) is 0.257. The fourth-order valence-corrected chi connectivity index (χ4v) is 4.82. The van der Waals surface area contributed by atoms with E-state index in [0.717, 1.165) is 17.7 Å². The van der Waals surface area contributed by atoms with Crippen molar-refractivity contribution in [2.75, 3.05) is 25.1 Å². The van der Waals surface area contributed by atoms with Crippen LogP contribution in [-0.4, -0.2) is 53.5 Å². The van der Waals surface area contributed by atoms with Gasteiger partial charge in [-0.1, -0.05) is 58.0 Å². The van der Waals surface area contributed by atoms with Crippen LogP contribution in [-0.2, 0) is 13.2 Å². The maximum absolute atomic E-state index is 14.6. The highest BCUT2D eigenvalue weighted by Crippen LogP contribution is 2.35. The molecular weight excluding hydrogens is 538 g/mol. The number of anilines is 1. The van der Waals surface area contributed by atoms with E-state index >= 15 is 0 Å². The Morgan fingerprint density at radius 1 is 1.02 bits per heavy atom. The van der Waals surface area contributed by atoms with Gasteiger partial charge in [-0.05, 0) is 36.6 Å². The molecule has 4 rings (SSSR count). The van der Waals surface area contributed by atoms with E-state index in [2.05, 4.69) is 10.3 Å². The van der Waals surface area contributed by atoms with E-state index in [1.54, 1.807) is 11.0 Å². The second kappa shape index (κ2) is 16.3. The molecule has 0 amide bonds. The molecule has 6 nitrogen and oxygen atoms in total. The van der Waals surface area contributed by atoms with Crippen LogP contribution in [0, 0.1) is 11.6 Å². The molecule has 1 aliphatic rings. The van der Waals surface area contributed by atoms with E-state index < -0.39 is 36.3 Å². The van der Waals surface area contributed by atoms with Crippen molar-refractivity contribution in [3.63, 3.8) is 0 Å². The van der Waals surface area contributed by atoms with Crippen molar-refractivity contribution in [3.8, 4) is 17.0 Å². The Hall–Kier alpha value is -3.21. The molecule has 3 N–H and O–H groups in total. The highest BCUT2D eigenvalue weighted by Gasteiger charge is 2.46. The summed E-state index contributed by atoms with van der Waals surface area (Å²) in [5.74, 6) is -1.75. The number of aromatic nitrogens is 1. The first-order valence-corrected chi connectivity index (χ1v) is 13.9. The number of pyridine rings is 1. The van der Waals surface area contributed by atoms with Gasteiger partial charge in [0.15, 0.2) is 11.6 Å². The molecule has 0 spiro atoms. The zero-order chi connectivity index (χ0) is 30.6. The highest BCUT2D eigenvalue weighted by atomic mass is 19.3. The summed E-state index contributed by atoms with van der Waals surface area (Å²) in [6.45, 7) is 8.28. The van der Waals surface area contributed by atoms with Crippen molar-refractivity contribution in [3.05, 3.63) is 77.5 Å². The molecule has 0 radical (unpaired) electrons. The predicted molar refractivity (Wildman–Crippen MR) is 154 cm³/mol. The van der Waals surface area contributed by atoms with Crippen LogP contribution in [0.25, 0.3) is 11.3 Å². The summed E-state index contributed by atoms with van der Waals surface area (Å²) in [4.78, 5) is 6.12. The lowest BCUT2D eigenvalue weighted by molar-refractivity contribution is -0.0658. The van der Waals surface area contributed by atoms with Gasteiger partial charge in [0.05, 0.1) is 36.3 Å². The van der Waals surface area contributed by atoms with Gasteiger partial charge < -0.3 is 25.2 Å². The minimum atomic E-state index is -2.96. The summed E-state index contributed by atoms with van der Waals surface area (Å²) in [6.07, 6.45) is -4.08. The van der Waals surface area contributed by atoms with E-state index in [1.165, 1.54) is 13.2 Å². The number of nitrogens with one attached hydrogen (secondary N) is 1. The lowest BCUT2D eigenvalue weighted by Crippen LogP contribution is -2.65. The molecule has 1 aromatic heterocycles. The van der Waals surface area contributed by atoms with Gasteiger partial charge in [-0.3, -0.25) is 0 Å². The van der Waals surface area contributed by atoms with E-state index in [0.29, 0.717) is 25.1 Å². The summed E-state index contributed by atoms with van der Waals surface area (Å²) in [5, 5.41) is 23.8. The topological polar surface area (TPSA) is 77.9 Å². The minimum Gasteiger partial charge on any atom is -0.494 e. The maximum Gasteiger partial charge on any atom is 0.265 e. The molecule has 2 unspecified atom stereocenters. The number of rotatable bonds is 9. The number of aliphatic hydroxyl groups is 2.